The lowest BCUT2D eigenvalue weighted by molar-refractivity contribution is -0.137. The van der Waals surface area contributed by atoms with E-state index >= 15 is 0 Å². The van der Waals surface area contributed by atoms with Gasteiger partial charge in [0.2, 0.25) is 23.6 Å². The molecule has 0 saturated heterocycles. The van der Waals surface area contributed by atoms with Crippen LogP contribution in [0.2, 0.25) is 0 Å². The summed E-state index contributed by atoms with van der Waals surface area (Å²) in [5.41, 5.74) is 3.40. The average molecular weight is 957 g/mol. The number of aromatic nitrogens is 4. The molecule has 16 nitrogen and oxygen atoms in total. The zero-order valence-electron chi connectivity index (χ0n) is 32.7. The van der Waals surface area contributed by atoms with E-state index in [9.17, 15) is 41.9 Å². The first-order valence-electron chi connectivity index (χ1n) is 18.2. The van der Waals surface area contributed by atoms with Crippen LogP contribution in [-0.2, 0) is 55.8 Å². The third-order valence-corrected chi connectivity index (χ3v) is 8.56. The van der Waals surface area contributed by atoms with Crippen LogP contribution in [0.4, 0.5) is 13.2 Å². The highest BCUT2D eigenvalue weighted by atomic mass is 32.1. The third-order valence-electron chi connectivity index (χ3n) is 7.93. The van der Waals surface area contributed by atoms with Crippen LogP contribution in [0.15, 0.2) is 96.5 Å². The summed E-state index contributed by atoms with van der Waals surface area (Å²) in [5.74, 6) is -0.449. The van der Waals surface area contributed by atoms with E-state index in [4.69, 9.17) is 27.5 Å². The molecule has 4 heterocycles. The van der Waals surface area contributed by atoms with Crippen molar-refractivity contribution in [1.29, 1.82) is 0 Å². The largest absolute Gasteiger partial charge is 0.478 e. The Kier molecular flexibility index (Phi) is 16.5. The minimum absolute atomic E-state index is 0.0137. The molecule has 4 aromatic heterocycles. The van der Waals surface area contributed by atoms with Crippen molar-refractivity contribution in [2.24, 2.45) is 0 Å². The van der Waals surface area contributed by atoms with Gasteiger partial charge in [0.25, 0.3) is 0 Å². The lowest BCUT2D eigenvalue weighted by Gasteiger charge is -2.04. The highest BCUT2D eigenvalue weighted by Gasteiger charge is 2.31. The number of carboxylic acids is 1. The van der Waals surface area contributed by atoms with Gasteiger partial charge in [-0.25, -0.2) is 29.5 Å². The minimum Gasteiger partial charge on any atom is -0.478 e. The van der Waals surface area contributed by atoms with E-state index in [1.807, 2.05) is 24.3 Å². The van der Waals surface area contributed by atoms with Gasteiger partial charge in [0.15, 0.2) is 42.8 Å². The van der Waals surface area contributed by atoms with Crippen molar-refractivity contribution in [3.05, 3.63) is 119 Å². The van der Waals surface area contributed by atoms with E-state index in [0.717, 1.165) is 17.6 Å². The number of hydrogen-bond acceptors (Lipinski definition) is 15. The fraction of sp³-hybridized carbons (Fsp3) is 0.171. The average Bonchev–Trinajstić information content (AvgIpc) is 4.00. The van der Waals surface area contributed by atoms with Crippen molar-refractivity contribution in [2.45, 2.75) is 38.8 Å². The molecule has 332 valence electrons. The number of benzene rings is 4. The van der Waals surface area contributed by atoms with Gasteiger partial charge in [0, 0.05) is 0 Å². The highest BCUT2D eigenvalue weighted by Crippen LogP contribution is 2.31. The molecule has 0 amide bonds. The van der Waals surface area contributed by atoms with Crippen molar-refractivity contribution >= 4 is 127 Å². The maximum absolute atomic E-state index is 12.4. The molecule has 0 fully saturated rings. The smallest absolute Gasteiger partial charge is 0.416 e. The van der Waals surface area contributed by atoms with Gasteiger partial charge in [-0.05, 0) is 73.7 Å². The number of fused-ring (bicyclic) bond motifs is 4. The molecule has 0 radical (unpaired) electrons. The fourth-order valence-corrected chi connectivity index (χ4v) is 5.86. The monoisotopic (exact) mass is 956 g/mol. The number of carbonyl (C=O) groups is 6. The summed E-state index contributed by atoms with van der Waals surface area (Å²) in [4.78, 5) is 81.2. The quantitative estimate of drug-likeness (QED) is 0.0607. The number of hydrogen-bond donors (Lipinski definition) is 5. The predicted octanol–water partition coefficient (Wildman–Crippen LogP) is 8.20. The summed E-state index contributed by atoms with van der Waals surface area (Å²) in [5, 5.41) is 7.38. The first kappa shape index (κ1) is 48.6. The Balaban J connectivity index is 0.000000161. The van der Waals surface area contributed by atoms with Crippen LogP contribution in [0.25, 0.3) is 44.4 Å². The van der Waals surface area contributed by atoms with Crippen LogP contribution < -0.4 is 0 Å². The van der Waals surface area contributed by atoms with E-state index in [0.29, 0.717) is 45.8 Å². The zero-order chi connectivity index (χ0) is 46.7. The lowest BCUT2D eigenvalue weighted by atomic mass is 10.2. The summed E-state index contributed by atoms with van der Waals surface area (Å²) >= 11 is 14.5. The number of rotatable bonds is 11. The van der Waals surface area contributed by atoms with Crippen LogP contribution in [0.5, 0.6) is 0 Å². The maximum atomic E-state index is 12.4. The summed E-state index contributed by atoms with van der Waals surface area (Å²) in [7, 11) is 0. The Morgan fingerprint density at radius 2 is 0.922 bits per heavy atom. The van der Waals surface area contributed by atoms with Gasteiger partial charge >= 0.3 is 18.1 Å². The van der Waals surface area contributed by atoms with Crippen LogP contribution >= 0.6 is 50.5 Å². The Morgan fingerprint density at radius 3 is 1.33 bits per heavy atom. The number of aromatic carboxylic acids is 1. The van der Waals surface area contributed by atoms with Crippen molar-refractivity contribution in [3.63, 3.8) is 0 Å². The molecule has 0 aliphatic rings. The Morgan fingerprint density at radius 1 is 0.547 bits per heavy atom. The number of oxazole rings is 4. The molecule has 0 bridgehead atoms. The molecule has 8 rings (SSSR count). The molecule has 0 aliphatic carbocycles. The van der Waals surface area contributed by atoms with Gasteiger partial charge in [-0.2, -0.15) is 13.2 Å². The molecule has 8 aromatic rings. The second-order valence-electron chi connectivity index (χ2n) is 12.8. The number of alkyl halides is 3. The Hall–Kier alpha value is -6.43. The number of carbonyl (C=O) groups excluding carboxylic acids is 5. The molecule has 0 atom stereocenters. The third kappa shape index (κ3) is 14.0. The standard InChI is InChI=1S/C12H11NO4S.C10H6F3NO2S.C10H7NO4S.C9H7NO2S/c1-2-16-12(15)7-3-4-9-8(5-7)13-10(17-9)6-11(14)18;11-10(12,13)5-1-2-7-6(3-5)14-8(16-7)4-9(15)17;12-9(16)4-8-11-6-3-5(10(13)14)1-2-7(6)15-8;11-9(13)5-8-10-6-3-1-2-4-7(6)12-8/h3-5H,2,6H2,1H3,(H,14,18);1-3H,4H2,(H,15,17);1-3H,4H2,(H,12,16)(H,13,14);1-4H,5H2,(H,11,13). The second kappa shape index (κ2) is 21.8. The van der Waals surface area contributed by atoms with Gasteiger partial charge < -0.3 is 27.5 Å². The Labute approximate surface area is 379 Å². The lowest BCUT2D eigenvalue weighted by Crippen LogP contribution is -2.04. The van der Waals surface area contributed by atoms with Crippen LogP contribution in [0.3, 0.4) is 0 Å². The van der Waals surface area contributed by atoms with Crippen LogP contribution in [0, 0.1) is 0 Å². The number of ether oxygens (including phenoxy) is 1. The topological polar surface area (TPSA) is 236 Å². The summed E-state index contributed by atoms with van der Waals surface area (Å²) in [6.45, 7) is 2.05. The number of thiol groups is 4. The van der Waals surface area contributed by atoms with Crippen molar-refractivity contribution in [3.8, 4) is 0 Å². The normalized spacial score (nSPS) is 10.9. The molecular formula is C41H31F3N4O12S4. The second-order valence-corrected chi connectivity index (χ2v) is 14.7. The van der Waals surface area contributed by atoms with E-state index in [1.54, 1.807) is 25.1 Å². The molecule has 1 N–H and O–H groups in total. The molecule has 0 aliphatic heterocycles. The maximum Gasteiger partial charge on any atom is 0.416 e. The molecule has 0 unspecified atom stereocenters. The molecule has 0 saturated carbocycles. The van der Waals surface area contributed by atoms with Crippen LogP contribution in [0.1, 0.15) is 56.8 Å². The van der Waals surface area contributed by atoms with Gasteiger partial charge in [-0.1, -0.05) is 12.1 Å². The first-order valence-corrected chi connectivity index (χ1v) is 19.9. The van der Waals surface area contributed by atoms with Crippen molar-refractivity contribution in [1.82, 2.24) is 19.9 Å². The van der Waals surface area contributed by atoms with Gasteiger partial charge in [0.05, 0.1) is 49.0 Å². The van der Waals surface area contributed by atoms with Gasteiger partial charge in [-0.15, -0.1) is 50.5 Å². The fourth-order valence-electron chi connectivity index (χ4n) is 5.32. The Bertz CT molecular complexity index is 2980. The summed E-state index contributed by atoms with van der Waals surface area (Å²) in [6, 6.07) is 19.5. The molecule has 23 heteroatoms. The summed E-state index contributed by atoms with van der Waals surface area (Å²) in [6.07, 6.45) is -4.43. The first-order chi connectivity index (χ1) is 30.3. The van der Waals surface area contributed by atoms with E-state index in [-0.39, 0.29) is 75.4 Å². The zero-order valence-corrected chi connectivity index (χ0v) is 36.3. The number of nitrogens with zero attached hydrogens (tertiary/aromatic N) is 4. The predicted molar refractivity (Wildman–Crippen MR) is 235 cm³/mol. The molecule has 0 spiro atoms. The highest BCUT2D eigenvalue weighted by molar-refractivity contribution is 7.97. The molecular weight excluding hydrogens is 926 g/mol. The van der Waals surface area contributed by atoms with Crippen molar-refractivity contribution in [2.75, 3.05) is 6.61 Å². The molecule has 4 aromatic carbocycles. The number of halogens is 3. The van der Waals surface area contributed by atoms with Crippen molar-refractivity contribution < 1.29 is 69.5 Å². The number of carboxylic acid groups (broad SMARTS) is 1. The summed E-state index contributed by atoms with van der Waals surface area (Å²) < 4.78 is 63.1. The SMILES string of the molecule is CCOC(=O)c1ccc2oc(CC(=O)S)nc2c1.O=C(S)Cc1nc2cc(C(=O)O)ccc2o1.O=C(S)Cc1nc2cc(C(F)(F)F)ccc2o1.O=C(S)Cc1nc2ccccc2o1. The van der Waals surface area contributed by atoms with E-state index in [2.05, 4.69) is 70.5 Å². The van der Waals surface area contributed by atoms with Crippen LogP contribution in [-0.4, -0.2) is 64.0 Å². The van der Waals surface area contributed by atoms with E-state index in [1.165, 1.54) is 24.3 Å². The van der Waals surface area contributed by atoms with Gasteiger partial charge in [0.1, 0.15) is 22.1 Å². The molecule has 64 heavy (non-hydrogen) atoms. The van der Waals surface area contributed by atoms with Gasteiger partial charge in [-0.3, -0.25) is 19.2 Å². The number of para-hydroxylation sites is 2. The minimum atomic E-state index is -4.42. The number of esters is 1. The van der Waals surface area contributed by atoms with E-state index < -0.39 is 28.8 Å².